The van der Waals surface area contributed by atoms with Crippen molar-refractivity contribution in [1.29, 1.82) is 0 Å². The molecule has 0 atom stereocenters. The summed E-state index contributed by atoms with van der Waals surface area (Å²) in [6.07, 6.45) is 3.27. The predicted octanol–water partition coefficient (Wildman–Crippen LogP) is 2.52. The molecule has 5 heteroatoms. The van der Waals surface area contributed by atoms with E-state index in [1.807, 2.05) is 12.1 Å². The van der Waals surface area contributed by atoms with Gasteiger partial charge in [0.2, 0.25) is 0 Å². The Morgan fingerprint density at radius 2 is 1.89 bits per heavy atom. The summed E-state index contributed by atoms with van der Waals surface area (Å²) in [6, 6.07) is 8.61. The first-order valence-electron chi connectivity index (χ1n) is 6.23. The Labute approximate surface area is 115 Å². The van der Waals surface area contributed by atoms with Crippen LogP contribution in [0.3, 0.4) is 0 Å². The van der Waals surface area contributed by atoms with Gasteiger partial charge in [0, 0.05) is 6.07 Å². The van der Waals surface area contributed by atoms with E-state index in [-0.39, 0.29) is 5.15 Å². The van der Waals surface area contributed by atoms with Crippen molar-refractivity contribution in [1.82, 2.24) is 9.55 Å². The maximum absolute atomic E-state index is 11.8. The van der Waals surface area contributed by atoms with E-state index in [4.69, 9.17) is 11.6 Å². The summed E-state index contributed by atoms with van der Waals surface area (Å²) >= 11 is 5.62. The Morgan fingerprint density at radius 3 is 2.47 bits per heavy atom. The number of halogens is 1. The highest BCUT2D eigenvalue weighted by atomic mass is 35.5. The average molecular weight is 279 g/mol. The van der Waals surface area contributed by atoms with Crippen LogP contribution in [0.25, 0.3) is 5.69 Å². The molecule has 0 aliphatic carbocycles. The first-order chi connectivity index (χ1) is 9.11. The van der Waals surface area contributed by atoms with Gasteiger partial charge < -0.3 is 0 Å². The van der Waals surface area contributed by atoms with Gasteiger partial charge in [0.15, 0.2) is 0 Å². The van der Waals surface area contributed by atoms with Crippen LogP contribution >= 0.6 is 11.6 Å². The summed E-state index contributed by atoms with van der Waals surface area (Å²) in [4.78, 5) is 25.9. The van der Waals surface area contributed by atoms with Gasteiger partial charge in [0.25, 0.3) is 5.56 Å². The fourth-order valence-corrected chi connectivity index (χ4v) is 2.08. The molecule has 0 bridgehead atoms. The largest absolute Gasteiger partial charge is 0.334 e. The lowest BCUT2D eigenvalue weighted by Gasteiger charge is -2.06. The highest BCUT2D eigenvalue weighted by molar-refractivity contribution is 6.29. The quantitative estimate of drug-likeness (QED) is 0.874. The van der Waals surface area contributed by atoms with Crippen molar-refractivity contribution in [3.05, 3.63) is 61.9 Å². The number of nitrogens with one attached hydrogen (secondary N) is 1. The summed E-state index contributed by atoms with van der Waals surface area (Å²) < 4.78 is 1.06. The van der Waals surface area contributed by atoms with E-state index in [0.717, 1.165) is 23.8 Å². The fraction of sp³-hybridized carbons (Fsp3) is 0.286. The lowest BCUT2D eigenvalue weighted by Crippen LogP contribution is -2.32. The molecule has 0 aliphatic heterocycles. The Hall–Kier alpha value is -1.81. The van der Waals surface area contributed by atoms with Crippen molar-refractivity contribution in [2.24, 2.45) is 0 Å². The van der Waals surface area contributed by atoms with Gasteiger partial charge in [-0.15, -0.1) is 0 Å². The van der Waals surface area contributed by atoms with E-state index in [1.165, 1.54) is 11.6 Å². The van der Waals surface area contributed by atoms with Crippen LogP contribution in [0.4, 0.5) is 0 Å². The van der Waals surface area contributed by atoms with Crippen molar-refractivity contribution in [2.45, 2.75) is 26.2 Å². The molecule has 19 heavy (non-hydrogen) atoms. The number of aryl methyl sites for hydroxylation is 1. The lowest BCUT2D eigenvalue weighted by atomic mass is 10.1. The van der Waals surface area contributed by atoms with Gasteiger partial charge in [0.05, 0.1) is 5.69 Å². The molecular formula is C14H15ClN2O2. The summed E-state index contributed by atoms with van der Waals surface area (Å²) in [6.45, 7) is 2.14. The second-order valence-corrected chi connectivity index (χ2v) is 4.77. The van der Waals surface area contributed by atoms with Gasteiger partial charge in [-0.3, -0.25) is 9.78 Å². The summed E-state index contributed by atoms with van der Waals surface area (Å²) in [5.41, 5.74) is 0.779. The van der Waals surface area contributed by atoms with Crippen molar-refractivity contribution in [2.75, 3.05) is 0 Å². The minimum absolute atomic E-state index is 0.0471. The third-order valence-corrected chi connectivity index (χ3v) is 3.12. The molecule has 0 fully saturated rings. The second kappa shape index (κ2) is 5.89. The normalized spacial score (nSPS) is 10.6. The zero-order valence-electron chi connectivity index (χ0n) is 10.6. The van der Waals surface area contributed by atoms with Crippen LogP contribution in [0.15, 0.2) is 39.9 Å². The van der Waals surface area contributed by atoms with E-state index >= 15 is 0 Å². The first kappa shape index (κ1) is 13.6. The molecule has 0 aliphatic rings. The smallest absolute Gasteiger partial charge is 0.297 e. The van der Waals surface area contributed by atoms with Gasteiger partial charge in [-0.25, -0.2) is 9.36 Å². The maximum atomic E-state index is 11.8. The zero-order valence-corrected chi connectivity index (χ0v) is 11.4. The molecular weight excluding hydrogens is 264 g/mol. The Morgan fingerprint density at radius 1 is 1.21 bits per heavy atom. The number of rotatable bonds is 4. The van der Waals surface area contributed by atoms with Crippen LogP contribution in [0.1, 0.15) is 25.3 Å². The Kier molecular flexibility index (Phi) is 4.22. The Bertz CT molecular complexity index is 640. The Balaban J connectivity index is 2.38. The molecule has 0 amide bonds. The molecule has 4 nitrogen and oxygen atoms in total. The highest BCUT2D eigenvalue weighted by Gasteiger charge is 2.05. The summed E-state index contributed by atoms with van der Waals surface area (Å²) in [5.74, 6) is 0. The molecule has 0 saturated heterocycles. The van der Waals surface area contributed by atoms with Crippen LogP contribution < -0.4 is 11.2 Å². The molecule has 0 saturated carbocycles. The molecule has 0 unspecified atom stereocenters. The van der Waals surface area contributed by atoms with E-state index < -0.39 is 11.2 Å². The molecule has 1 N–H and O–H groups in total. The molecule has 1 aromatic carbocycles. The summed E-state index contributed by atoms with van der Waals surface area (Å²) in [7, 11) is 0. The van der Waals surface area contributed by atoms with Gasteiger partial charge in [-0.05, 0) is 30.5 Å². The molecule has 2 aromatic rings. The summed E-state index contributed by atoms with van der Waals surface area (Å²) in [5, 5.41) is 0.0471. The van der Waals surface area contributed by atoms with Crippen LogP contribution in [-0.4, -0.2) is 9.55 Å². The number of benzene rings is 1. The third-order valence-electron chi connectivity index (χ3n) is 2.91. The van der Waals surface area contributed by atoms with E-state index in [2.05, 4.69) is 11.9 Å². The SMILES string of the molecule is CCCCc1ccc(-n2c(=O)cc(Cl)[nH]c2=O)cc1. The third kappa shape index (κ3) is 3.15. The van der Waals surface area contributed by atoms with Crippen molar-refractivity contribution >= 4 is 11.6 Å². The van der Waals surface area contributed by atoms with Crippen LogP contribution in [0.2, 0.25) is 5.15 Å². The van der Waals surface area contributed by atoms with E-state index in [9.17, 15) is 9.59 Å². The van der Waals surface area contributed by atoms with E-state index in [0.29, 0.717) is 5.69 Å². The van der Waals surface area contributed by atoms with Crippen LogP contribution in [0.5, 0.6) is 0 Å². The van der Waals surface area contributed by atoms with E-state index in [1.54, 1.807) is 12.1 Å². The van der Waals surface area contributed by atoms with Crippen molar-refractivity contribution < 1.29 is 0 Å². The number of hydrogen-bond acceptors (Lipinski definition) is 2. The number of aromatic nitrogens is 2. The van der Waals surface area contributed by atoms with Crippen LogP contribution in [-0.2, 0) is 6.42 Å². The topological polar surface area (TPSA) is 54.9 Å². The molecule has 100 valence electrons. The lowest BCUT2D eigenvalue weighted by molar-refractivity contribution is 0.794. The van der Waals surface area contributed by atoms with Gasteiger partial charge in [-0.1, -0.05) is 37.1 Å². The molecule has 1 aromatic heterocycles. The molecule has 1 heterocycles. The number of H-pyrrole nitrogens is 1. The second-order valence-electron chi connectivity index (χ2n) is 4.37. The van der Waals surface area contributed by atoms with Gasteiger partial charge in [-0.2, -0.15) is 0 Å². The number of unbranched alkanes of at least 4 members (excludes halogenated alkanes) is 1. The van der Waals surface area contributed by atoms with Crippen molar-refractivity contribution in [3.8, 4) is 5.69 Å². The predicted molar refractivity (Wildman–Crippen MR) is 76.3 cm³/mol. The first-order valence-corrected chi connectivity index (χ1v) is 6.61. The van der Waals surface area contributed by atoms with Crippen LogP contribution in [0, 0.1) is 0 Å². The average Bonchev–Trinajstić information content (AvgIpc) is 2.36. The molecule has 0 radical (unpaired) electrons. The molecule has 0 spiro atoms. The van der Waals surface area contributed by atoms with Crippen molar-refractivity contribution in [3.63, 3.8) is 0 Å². The minimum atomic E-state index is -0.529. The number of nitrogens with zero attached hydrogens (tertiary/aromatic N) is 1. The standard InChI is InChI=1S/C14H15ClN2O2/c1-2-3-4-10-5-7-11(8-6-10)17-13(18)9-12(15)16-14(17)19/h5-9H,2-4H2,1H3,(H,16,19). The molecule has 2 rings (SSSR count). The van der Waals surface area contributed by atoms with Gasteiger partial charge >= 0.3 is 5.69 Å². The minimum Gasteiger partial charge on any atom is -0.297 e. The number of aromatic amines is 1. The zero-order chi connectivity index (χ0) is 13.8. The maximum Gasteiger partial charge on any atom is 0.334 e. The van der Waals surface area contributed by atoms with Gasteiger partial charge in [0.1, 0.15) is 5.15 Å². The fourth-order valence-electron chi connectivity index (χ4n) is 1.90. The highest BCUT2D eigenvalue weighted by Crippen LogP contribution is 2.09. The number of hydrogen-bond donors (Lipinski definition) is 1. The monoisotopic (exact) mass is 278 g/mol.